The third kappa shape index (κ3) is 3.58. The van der Waals surface area contributed by atoms with E-state index in [9.17, 15) is 9.59 Å². The fraction of sp³-hybridized carbons (Fsp3) is 0.333. The van der Waals surface area contributed by atoms with E-state index in [1.807, 2.05) is 64.1 Å². The Kier molecular flexibility index (Phi) is 4.62. The van der Waals surface area contributed by atoms with Gasteiger partial charge in [-0.15, -0.1) is 0 Å². The van der Waals surface area contributed by atoms with Crippen LogP contribution in [-0.4, -0.2) is 18.4 Å². The molecule has 0 aromatic heterocycles. The molecule has 1 fully saturated rings. The van der Waals surface area contributed by atoms with Crippen molar-refractivity contribution in [1.29, 1.82) is 0 Å². The van der Waals surface area contributed by atoms with Crippen molar-refractivity contribution in [3.8, 4) is 5.75 Å². The zero-order chi connectivity index (χ0) is 18.1. The number of ether oxygens (including phenoxy) is 1. The number of aryl methyl sites for hydroxylation is 4. The molecule has 0 saturated carbocycles. The van der Waals surface area contributed by atoms with Crippen molar-refractivity contribution in [2.45, 2.75) is 34.1 Å². The highest BCUT2D eigenvalue weighted by molar-refractivity contribution is 6.00. The highest BCUT2D eigenvalue weighted by Gasteiger charge is 2.37. The fourth-order valence-electron chi connectivity index (χ4n) is 3.12. The Balaban J connectivity index is 1.77. The van der Waals surface area contributed by atoms with Crippen molar-refractivity contribution in [2.75, 3.05) is 11.4 Å². The van der Waals surface area contributed by atoms with E-state index in [0.717, 1.165) is 27.9 Å². The number of esters is 1. The van der Waals surface area contributed by atoms with E-state index in [1.54, 1.807) is 4.90 Å². The predicted molar refractivity (Wildman–Crippen MR) is 97.9 cm³/mol. The van der Waals surface area contributed by atoms with E-state index in [0.29, 0.717) is 12.3 Å². The van der Waals surface area contributed by atoms with Crippen molar-refractivity contribution in [1.82, 2.24) is 0 Å². The van der Waals surface area contributed by atoms with Gasteiger partial charge in [0.25, 0.3) is 0 Å². The molecule has 1 saturated heterocycles. The van der Waals surface area contributed by atoms with Crippen molar-refractivity contribution in [2.24, 2.45) is 5.92 Å². The van der Waals surface area contributed by atoms with E-state index in [4.69, 9.17) is 4.74 Å². The largest absolute Gasteiger partial charge is 0.426 e. The molecule has 3 rings (SSSR count). The van der Waals surface area contributed by atoms with E-state index in [-0.39, 0.29) is 18.3 Å². The molecule has 1 aliphatic heterocycles. The van der Waals surface area contributed by atoms with Gasteiger partial charge in [-0.25, -0.2) is 0 Å². The molecule has 1 atom stereocenters. The molecule has 2 aromatic carbocycles. The summed E-state index contributed by atoms with van der Waals surface area (Å²) < 4.78 is 5.58. The minimum Gasteiger partial charge on any atom is -0.426 e. The topological polar surface area (TPSA) is 46.6 Å². The van der Waals surface area contributed by atoms with Gasteiger partial charge in [0.15, 0.2) is 0 Å². The maximum absolute atomic E-state index is 12.6. The van der Waals surface area contributed by atoms with Gasteiger partial charge in [-0.05, 0) is 62.1 Å². The van der Waals surface area contributed by atoms with Crippen LogP contribution in [-0.2, 0) is 9.59 Å². The summed E-state index contributed by atoms with van der Waals surface area (Å²) in [6, 6.07) is 11.8. The first-order chi connectivity index (χ1) is 11.8. The van der Waals surface area contributed by atoms with Gasteiger partial charge in [0, 0.05) is 18.7 Å². The van der Waals surface area contributed by atoms with Gasteiger partial charge in [0.05, 0.1) is 5.92 Å². The Bertz CT molecular complexity index is 841. The second-order valence-corrected chi connectivity index (χ2v) is 6.89. The average molecular weight is 337 g/mol. The summed E-state index contributed by atoms with van der Waals surface area (Å²) in [6.07, 6.45) is 0.192. The molecule has 25 heavy (non-hydrogen) atoms. The number of carbonyl (C=O) groups is 2. The van der Waals surface area contributed by atoms with Gasteiger partial charge in [-0.1, -0.05) is 24.3 Å². The van der Waals surface area contributed by atoms with Gasteiger partial charge in [0.2, 0.25) is 5.91 Å². The molecule has 130 valence electrons. The minimum absolute atomic E-state index is 0.0309. The lowest BCUT2D eigenvalue weighted by Gasteiger charge is -2.19. The monoisotopic (exact) mass is 337 g/mol. The number of amides is 1. The maximum atomic E-state index is 12.6. The summed E-state index contributed by atoms with van der Waals surface area (Å²) in [4.78, 5) is 26.7. The maximum Gasteiger partial charge on any atom is 0.316 e. The van der Waals surface area contributed by atoms with E-state index < -0.39 is 5.92 Å². The van der Waals surface area contributed by atoms with Crippen LogP contribution in [0.25, 0.3) is 0 Å². The van der Waals surface area contributed by atoms with Crippen LogP contribution in [0.15, 0.2) is 36.4 Å². The van der Waals surface area contributed by atoms with Gasteiger partial charge in [-0.3, -0.25) is 9.59 Å². The smallest absolute Gasteiger partial charge is 0.316 e. The summed E-state index contributed by atoms with van der Waals surface area (Å²) in [5, 5.41) is 0. The SMILES string of the molecule is Cc1ccc(C)c(OC(=O)[C@H]2CC(=O)N(c3cc(C)ccc3C)C2)c1. The normalized spacial score (nSPS) is 17.0. The molecule has 1 heterocycles. The molecule has 0 N–H and O–H groups in total. The number of anilines is 1. The zero-order valence-electron chi connectivity index (χ0n) is 15.1. The van der Waals surface area contributed by atoms with Crippen LogP contribution in [0.4, 0.5) is 5.69 Å². The number of hydrogen-bond acceptors (Lipinski definition) is 3. The lowest BCUT2D eigenvalue weighted by Crippen LogP contribution is -2.28. The molecule has 1 aliphatic rings. The lowest BCUT2D eigenvalue weighted by atomic mass is 10.1. The molecule has 0 unspecified atom stereocenters. The highest BCUT2D eigenvalue weighted by Crippen LogP contribution is 2.30. The van der Waals surface area contributed by atoms with Gasteiger partial charge in [-0.2, -0.15) is 0 Å². The zero-order valence-corrected chi connectivity index (χ0v) is 15.1. The molecule has 0 bridgehead atoms. The van der Waals surface area contributed by atoms with E-state index in [2.05, 4.69) is 0 Å². The summed E-state index contributed by atoms with van der Waals surface area (Å²) in [7, 11) is 0. The molecule has 4 heteroatoms. The summed E-state index contributed by atoms with van der Waals surface area (Å²) >= 11 is 0. The first-order valence-corrected chi connectivity index (χ1v) is 8.51. The molecule has 2 aromatic rings. The Morgan fingerprint density at radius 1 is 1.00 bits per heavy atom. The quantitative estimate of drug-likeness (QED) is 0.631. The Morgan fingerprint density at radius 2 is 1.64 bits per heavy atom. The van der Waals surface area contributed by atoms with Crippen LogP contribution in [0.3, 0.4) is 0 Å². The first-order valence-electron chi connectivity index (χ1n) is 8.51. The van der Waals surface area contributed by atoms with Crippen LogP contribution in [0.5, 0.6) is 5.75 Å². The summed E-state index contributed by atoms with van der Waals surface area (Å²) in [6.45, 7) is 8.20. The first kappa shape index (κ1) is 17.2. The van der Waals surface area contributed by atoms with Crippen molar-refractivity contribution in [3.63, 3.8) is 0 Å². The number of nitrogens with zero attached hydrogens (tertiary/aromatic N) is 1. The van der Waals surface area contributed by atoms with Crippen molar-refractivity contribution >= 4 is 17.6 Å². The lowest BCUT2D eigenvalue weighted by molar-refractivity contribution is -0.139. The number of benzene rings is 2. The minimum atomic E-state index is -0.438. The Labute approximate surface area is 148 Å². The molecule has 0 aliphatic carbocycles. The van der Waals surface area contributed by atoms with Crippen molar-refractivity contribution < 1.29 is 14.3 Å². The average Bonchev–Trinajstić information content (AvgIpc) is 2.95. The molecule has 4 nitrogen and oxygen atoms in total. The van der Waals surface area contributed by atoms with Crippen molar-refractivity contribution in [3.05, 3.63) is 58.7 Å². The molecule has 1 amide bonds. The van der Waals surface area contributed by atoms with Gasteiger partial charge < -0.3 is 9.64 Å². The van der Waals surface area contributed by atoms with E-state index >= 15 is 0 Å². The Morgan fingerprint density at radius 3 is 2.36 bits per heavy atom. The van der Waals surface area contributed by atoms with Gasteiger partial charge >= 0.3 is 5.97 Å². The van der Waals surface area contributed by atoms with Crippen LogP contribution in [0.2, 0.25) is 0 Å². The third-order valence-electron chi connectivity index (χ3n) is 4.67. The molecular weight excluding hydrogens is 314 g/mol. The van der Waals surface area contributed by atoms with Crippen LogP contribution >= 0.6 is 0 Å². The van der Waals surface area contributed by atoms with E-state index in [1.165, 1.54) is 0 Å². The van der Waals surface area contributed by atoms with Crippen LogP contribution < -0.4 is 9.64 Å². The second kappa shape index (κ2) is 6.71. The van der Waals surface area contributed by atoms with Gasteiger partial charge in [0.1, 0.15) is 5.75 Å². The van der Waals surface area contributed by atoms with Crippen LogP contribution in [0, 0.1) is 33.6 Å². The summed E-state index contributed by atoms with van der Waals surface area (Å²) in [5.74, 6) is -0.235. The molecule has 0 spiro atoms. The molecular formula is C21H23NO3. The fourth-order valence-corrected chi connectivity index (χ4v) is 3.12. The summed E-state index contributed by atoms with van der Waals surface area (Å²) in [5.41, 5.74) is 4.95. The molecule has 0 radical (unpaired) electrons. The number of hydrogen-bond donors (Lipinski definition) is 0. The third-order valence-corrected chi connectivity index (χ3v) is 4.67. The predicted octanol–water partition coefficient (Wildman–Crippen LogP) is 3.88. The Hall–Kier alpha value is -2.62. The highest BCUT2D eigenvalue weighted by atomic mass is 16.5. The number of carbonyl (C=O) groups excluding carboxylic acids is 2. The van der Waals surface area contributed by atoms with Crippen LogP contribution in [0.1, 0.15) is 28.7 Å². The standard InChI is InChI=1S/C21H23NO3/c1-13-5-7-15(3)18(9-13)22-12-17(11-20(22)23)21(24)25-19-10-14(2)6-8-16(19)4/h5-10,17H,11-12H2,1-4H3/t17-/m0/s1. The number of rotatable bonds is 3. The second-order valence-electron chi connectivity index (χ2n) is 6.89.